The van der Waals surface area contributed by atoms with Gasteiger partial charge >= 0.3 is 0 Å². The molecule has 0 spiro atoms. The molecule has 1 heterocycles. The van der Waals surface area contributed by atoms with Crippen LogP contribution in [-0.4, -0.2) is 67.5 Å². The van der Waals surface area contributed by atoms with Gasteiger partial charge in [-0.25, -0.2) is 0 Å². The van der Waals surface area contributed by atoms with Crippen LogP contribution in [0.2, 0.25) is 0 Å². The zero-order chi connectivity index (χ0) is 28.3. The number of aliphatic hydroxyl groups is 2. The molecule has 216 valence electrons. The Morgan fingerprint density at radius 2 is 1.85 bits per heavy atom. The first-order chi connectivity index (χ1) is 18.8. The van der Waals surface area contributed by atoms with Crippen LogP contribution < -0.4 is 10.1 Å². The predicted octanol–water partition coefficient (Wildman–Crippen LogP) is 4.96. The van der Waals surface area contributed by atoms with Gasteiger partial charge in [-0.05, 0) is 63.3 Å². The van der Waals surface area contributed by atoms with Gasteiger partial charge in [-0.2, -0.15) is 0 Å². The molecule has 0 bridgehead atoms. The summed E-state index contributed by atoms with van der Waals surface area (Å²) in [6, 6.07) is 17.3. The number of aliphatic hydroxyl groups excluding tert-OH is 1. The van der Waals surface area contributed by atoms with Gasteiger partial charge in [0, 0.05) is 57.2 Å². The van der Waals surface area contributed by atoms with E-state index in [1.165, 1.54) is 0 Å². The topological polar surface area (TPSA) is 91.3 Å². The number of ether oxygens (including phenoxy) is 2. The maximum atomic E-state index is 13.5. The van der Waals surface area contributed by atoms with E-state index in [0.717, 1.165) is 31.2 Å². The lowest BCUT2D eigenvalue weighted by molar-refractivity contribution is -0.139. The summed E-state index contributed by atoms with van der Waals surface area (Å²) in [5.41, 5.74) is -0.409. The number of carbonyl (C=O) groups excluding carboxylic acids is 1. The minimum absolute atomic E-state index is 0.0372. The summed E-state index contributed by atoms with van der Waals surface area (Å²) in [4.78, 5) is 15.4. The summed E-state index contributed by atoms with van der Waals surface area (Å²) in [6.45, 7) is 6.32. The summed E-state index contributed by atoms with van der Waals surface area (Å²) in [5, 5.41) is 26.3. The number of nitrogens with one attached hydrogen (secondary N) is 1. The molecule has 0 aliphatic carbocycles. The molecule has 1 aliphatic rings. The Hall–Kier alpha value is -2.45. The van der Waals surface area contributed by atoms with E-state index in [0.29, 0.717) is 44.2 Å². The van der Waals surface area contributed by atoms with Gasteiger partial charge in [-0.1, -0.05) is 50.2 Å². The number of hydrogen-bond donors (Lipinski definition) is 3. The van der Waals surface area contributed by atoms with E-state index >= 15 is 0 Å². The van der Waals surface area contributed by atoms with E-state index in [1.807, 2.05) is 80.4 Å². The van der Waals surface area contributed by atoms with Crippen LogP contribution in [0.5, 0.6) is 11.5 Å². The van der Waals surface area contributed by atoms with E-state index in [2.05, 4.69) is 5.32 Å². The Kier molecular flexibility index (Phi) is 12.2. The van der Waals surface area contributed by atoms with Gasteiger partial charge in [0.1, 0.15) is 11.5 Å². The number of rotatable bonds is 15. The molecule has 39 heavy (non-hydrogen) atoms. The number of hydrogen-bond acceptors (Lipinski definition) is 6. The van der Waals surface area contributed by atoms with E-state index in [1.54, 1.807) is 7.11 Å². The molecule has 0 saturated carbocycles. The number of amides is 1. The number of unbranched alkanes of at least 4 members (excludes halogenated alkanes) is 1. The minimum Gasteiger partial charge on any atom is -0.457 e. The number of carbonyl (C=O) groups is 1. The lowest BCUT2D eigenvalue weighted by Gasteiger charge is -2.43. The molecule has 2 aromatic rings. The van der Waals surface area contributed by atoms with Crippen molar-refractivity contribution in [2.45, 2.75) is 64.1 Å². The van der Waals surface area contributed by atoms with E-state index in [-0.39, 0.29) is 30.1 Å². The molecule has 0 radical (unpaired) electrons. The van der Waals surface area contributed by atoms with Gasteiger partial charge in [-0.15, -0.1) is 0 Å². The van der Waals surface area contributed by atoms with Crippen molar-refractivity contribution in [2.75, 3.05) is 40.4 Å². The quantitative estimate of drug-likeness (QED) is 0.277. The van der Waals surface area contributed by atoms with Gasteiger partial charge in [0.2, 0.25) is 5.91 Å². The standard InChI is InChI=1S/C32H48N2O5/c1-24(2)31(36)25(22-33-3)21-30(35)34-19-12-13-26(23-34)32(37,18-10-11-20-38-4)28-16-8-9-17-29(28)39-27-14-6-5-7-15-27/h5-9,14-17,24-26,31,33,36-37H,10-13,18-23H2,1-4H3/t25-,26-,31+,32+/m1/s1. The molecule has 1 aliphatic heterocycles. The van der Waals surface area contributed by atoms with Crippen molar-refractivity contribution in [3.63, 3.8) is 0 Å². The summed E-state index contributed by atoms with van der Waals surface area (Å²) in [5.74, 6) is 1.16. The van der Waals surface area contributed by atoms with Crippen LogP contribution >= 0.6 is 0 Å². The summed E-state index contributed by atoms with van der Waals surface area (Å²) >= 11 is 0. The lowest BCUT2D eigenvalue weighted by Crippen LogP contribution is -2.49. The fourth-order valence-corrected chi connectivity index (χ4v) is 5.80. The molecule has 1 fully saturated rings. The van der Waals surface area contributed by atoms with Gasteiger partial charge in [-0.3, -0.25) is 4.79 Å². The highest BCUT2D eigenvalue weighted by molar-refractivity contribution is 5.76. The van der Waals surface area contributed by atoms with Crippen LogP contribution in [0.1, 0.15) is 57.9 Å². The molecule has 0 unspecified atom stereocenters. The van der Waals surface area contributed by atoms with E-state index in [9.17, 15) is 15.0 Å². The summed E-state index contributed by atoms with van der Waals surface area (Å²) < 4.78 is 11.5. The van der Waals surface area contributed by atoms with Gasteiger partial charge in [0.25, 0.3) is 0 Å². The van der Waals surface area contributed by atoms with Gasteiger partial charge in [0.15, 0.2) is 0 Å². The predicted molar refractivity (Wildman–Crippen MR) is 155 cm³/mol. The second-order valence-electron chi connectivity index (χ2n) is 11.2. The molecule has 2 aromatic carbocycles. The fourth-order valence-electron chi connectivity index (χ4n) is 5.80. The van der Waals surface area contributed by atoms with Crippen molar-refractivity contribution < 1.29 is 24.5 Å². The van der Waals surface area contributed by atoms with Crippen LogP contribution in [0.4, 0.5) is 0 Å². The Bertz CT molecular complexity index is 1000. The third-order valence-corrected chi connectivity index (χ3v) is 8.00. The molecular formula is C32H48N2O5. The molecule has 7 heteroatoms. The van der Waals surface area contributed by atoms with Crippen molar-refractivity contribution in [1.82, 2.24) is 10.2 Å². The van der Waals surface area contributed by atoms with Crippen molar-refractivity contribution in [3.8, 4) is 11.5 Å². The molecule has 4 atom stereocenters. The highest BCUT2D eigenvalue weighted by Crippen LogP contribution is 2.44. The first-order valence-corrected chi connectivity index (χ1v) is 14.4. The Morgan fingerprint density at radius 3 is 2.54 bits per heavy atom. The normalized spacial score (nSPS) is 18.9. The third-order valence-electron chi connectivity index (χ3n) is 8.00. The van der Waals surface area contributed by atoms with Crippen molar-refractivity contribution in [3.05, 3.63) is 60.2 Å². The van der Waals surface area contributed by atoms with Crippen molar-refractivity contribution >= 4 is 5.91 Å². The summed E-state index contributed by atoms with van der Waals surface area (Å²) in [7, 11) is 3.54. The number of likely N-dealkylation sites (tertiary alicyclic amines) is 1. The largest absolute Gasteiger partial charge is 0.457 e. The SMILES string of the molecule is CNC[C@@H](CC(=O)N1CCC[C@@H]([C@@](O)(CCCCOC)c2ccccc2Oc2ccccc2)C1)[C@@H](O)C(C)C. The molecule has 7 nitrogen and oxygen atoms in total. The van der Waals surface area contributed by atoms with Crippen molar-refractivity contribution in [2.24, 2.45) is 17.8 Å². The fraction of sp³-hybridized carbons (Fsp3) is 0.594. The van der Waals surface area contributed by atoms with Crippen LogP contribution in [0, 0.1) is 17.8 Å². The second kappa shape index (κ2) is 15.4. The monoisotopic (exact) mass is 540 g/mol. The number of piperidine rings is 1. The molecular weight excluding hydrogens is 492 g/mol. The van der Waals surface area contributed by atoms with Crippen LogP contribution in [0.25, 0.3) is 0 Å². The smallest absolute Gasteiger partial charge is 0.223 e. The molecule has 3 rings (SSSR count). The first-order valence-electron chi connectivity index (χ1n) is 14.4. The average Bonchev–Trinajstić information content (AvgIpc) is 2.95. The second-order valence-corrected chi connectivity index (χ2v) is 11.2. The van der Waals surface area contributed by atoms with E-state index < -0.39 is 11.7 Å². The zero-order valence-electron chi connectivity index (χ0n) is 24.1. The van der Waals surface area contributed by atoms with Gasteiger partial charge in [0.05, 0.1) is 11.7 Å². The lowest BCUT2D eigenvalue weighted by atomic mass is 9.73. The molecule has 1 amide bonds. The molecule has 3 N–H and O–H groups in total. The molecule has 0 aromatic heterocycles. The van der Waals surface area contributed by atoms with Crippen molar-refractivity contribution in [1.29, 1.82) is 0 Å². The number of nitrogens with zero attached hydrogens (tertiary/aromatic N) is 1. The first kappa shape index (κ1) is 31.1. The summed E-state index contributed by atoms with van der Waals surface area (Å²) in [6.07, 6.45) is 3.55. The Balaban J connectivity index is 1.85. The molecule has 1 saturated heterocycles. The van der Waals surface area contributed by atoms with E-state index in [4.69, 9.17) is 9.47 Å². The van der Waals surface area contributed by atoms with Crippen LogP contribution in [0.3, 0.4) is 0 Å². The Morgan fingerprint density at radius 1 is 1.13 bits per heavy atom. The minimum atomic E-state index is -1.17. The average molecular weight is 541 g/mol. The number of para-hydroxylation sites is 2. The Labute approximate surface area is 234 Å². The van der Waals surface area contributed by atoms with Crippen LogP contribution in [-0.2, 0) is 15.1 Å². The zero-order valence-corrected chi connectivity index (χ0v) is 24.1. The third kappa shape index (κ3) is 8.52. The number of benzene rings is 2. The highest BCUT2D eigenvalue weighted by Gasteiger charge is 2.43. The maximum absolute atomic E-state index is 13.5. The number of methoxy groups -OCH3 is 1. The maximum Gasteiger partial charge on any atom is 0.223 e. The van der Waals surface area contributed by atoms with Crippen LogP contribution in [0.15, 0.2) is 54.6 Å². The highest BCUT2D eigenvalue weighted by atomic mass is 16.5. The van der Waals surface area contributed by atoms with Gasteiger partial charge < -0.3 is 29.9 Å².